The molecule has 0 unspecified atom stereocenters. The summed E-state index contributed by atoms with van der Waals surface area (Å²) in [6.45, 7) is 0.484. The van der Waals surface area contributed by atoms with Crippen LogP contribution in [0.2, 0.25) is 0 Å². The summed E-state index contributed by atoms with van der Waals surface area (Å²) in [6, 6.07) is -0.820. The molecule has 0 aromatic carbocycles. The second kappa shape index (κ2) is 10.2. The standard InChI is InChI=1S/C15H26N2O4/c16-13(14(18)19)10-6-7-11-17-15(20)21-12-8-4-2-1-3-5-9-12/h1-2,12-13H,3-11,16H2,(H,17,20)(H,18,19)/b2-1-/t12-,13-/m0/s1. The first kappa shape index (κ1) is 17.5. The maximum absolute atomic E-state index is 11.6. The normalized spacial score (nSPS) is 21.7. The van der Waals surface area contributed by atoms with E-state index in [1.165, 1.54) is 0 Å². The zero-order valence-electron chi connectivity index (χ0n) is 12.4. The fraction of sp³-hybridized carbons (Fsp3) is 0.733. The van der Waals surface area contributed by atoms with Gasteiger partial charge in [0, 0.05) is 6.54 Å². The van der Waals surface area contributed by atoms with E-state index in [0.717, 1.165) is 32.1 Å². The fourth-order valence-electron chi connectivity index (χ4n) is 2.24. The second-order valence-corrected chi connectivity index (χ2v) is 5.37. The molecular formula is C15H26N2O4. The molecule has 6 nitrogen and oxygen atoms in total. The molecule has 4 N–H and O–H groups in total. The SMILES string of the molecule is N[C@@H](CCCCNC(=O)O[C@H]1CC/C=C\CCC1)C(=O)O. The Morgan fingerprint density at radius 1 is 1.29 bits per heavy atom. The third kappa shape index (κ3) is 8.34. The van der Waals surface area contributed by atoms with Gasteiger partial charge in [0.05, 0.1) is 0 Å². The number of alkyl carbamates (subject to hydrolysis) is 1. The molecule has 1 aliphatic carbocycles. The minimum Gasteiger partial charge on any atom is -0.480 e. The van der Waals surface area contributed by atoms with Crippen molar-refractivity contribution in [2.45, 2.75) is 63.5 Å². The number of carboxylic acids is 1. The maximum atomic E-state index is 11.6. The van der Waals surface area contributed by atoms with Crippen molar-refractivity contribution in [2.24, 2.45) is 5.73 Å². The van der Waals surface area contributed by atoms with Gasteiger partial charge in [0.1, 0.15) is 12.1 Å². The van der Waals surface area contributed by atoms with Gasteiger partial charge in [-0.3, -0.25) is 4.79 Å². The molecule has 0 saturated heterocycles. The summed E-state index contributed by atoms with van der Waals surface area (Å²) in [5.41, 5.74) is 5.39. The number of aliphatic carboxylic acids is 1. The molecule has 0 saturated carbocycles. The van der Waals surface area contributed by atoms with Crippen LogP contribution in [-0.2, 0) is 9.53 Å². The van der Waals surface area contributed by atoms with E-state index in [-0.39, 0.29) is 12.2 Å². The largest absolute Gasteiger partial charge is 0.480 e. The van der Waals surface area contributed by atoms with E-state index in [9.17, 15) is 9.59 Å². The van der Waals surface area contributed by atoms with Crippen molar-refractivity contribution in [1.29, 1.82) is 0 Å². The van der Waals surface area contributed by atoms with Crippen LogP contribution in [0.25, 0.3) is 0 Å². The van der Waals surface area contributed by atoms with Crippen molar-refractivity contribution in [3.8, 4) is 0 Å². The molecule has 1 rings (SSSR count). The molecule has 1 aliphatic rings. The van der Waals surface area contributed by atoms with E-state index in [0.29, 0.717) is 25.8 Å². The van der Waals surface area contributed by atoms with Crippen LogP contribution in [0.5, 0.6) is 0 Å². The van der Waals surface area contributed by atoms with Crippen LogP contribution in [0.3, 0.4) is 0 Å². The van der Waals surface area contributed by atoms with Crippen LogP contribution in [-0.4, -0.2) is 35.9 Å². The summed E-state index contributed by atoms with van der Waals surface area (Å²) < 4.78 is 5.39. The number of carboxylic acid groups (broad SMARTS) is 1. The van der Waals surface area contributed by atoms with Crippen LogP contribution in [0.1, 0.15) is 51.4 Å². The molecule has 21 heavy (non-hydrogen) atoms. The van der Waals surface area contributed by atoms with Gasteiger partial charge in [0.25, 0.3) is 0 Å². The molecule has 0 heterocycles. The quantitative estimate of drug-likeness (QED) is 0.494. The molecule has 0 spiro atoms. The van der Waals surface area contributed by atoms with Gasteiger partial charge >= 0.3 is 12.1 Å². The van der Waals surface area contributed by atoms with Crippen LogP contribution in [0.15, 0.2) is 12.2 Å². The fourth-order valence-corrected chi connectivity index (χ4v) is 2.24. The van der Waals surface area contributed by atoms with E-state index < -0.39 is 12.0 Å². The van der Waals surface area contributed by atoms with Crippen LogP contribution in [0.4, 0.5) is 4.79 Å². The summed E-state index contributed by atoms with van der Waals surface area (Å²) in [7, 11) is 0. The molecule has 0 aromatic heterocycles. The van der Waals surface area contributed by atoms with Crippen molar-refractivity contribution in [2.75, 3.05) is 6.54 Å². The predicted molar refractivity (Wildman–Crippen MR) is 80.0 cm³/mol. The Bertz CT molecular complexity index is 358. The average Bonchev–Trinajstić information content (AvgIpc) is 2.41. The lowest BCUT2D eigenvalue weighted by Crippen LogP contribution is -2.31. The number of allylic oxidation sites excluding steroid dienone is 2. The lowest BCUT2D eigenvalue weighted by molar-refractivity contribution is -0.138. The highest BCUT2D eigenvalue weighted by Gasteiger charge is 2.14. The first-order chi connectivity index (χ1) is 10.1. The summed E-state index contributed by atoms with van der Waals surface area (Å²) in [6.07, 6.45) is 10.5. The number of unbranched alkanes of at least 4 members (excludes halogenated alkanes) is 1. The highest BCUT2D eigenvalue weighted by atomic mass is 16.6. The van der Waals surface area contributed by atoms with Gasteiger partial charge in [0.2, 0.25) is 0 Å². The molecule has 0 fully saturated rings. The Morgan fingerprint density at radius 2 is 2.05 bits per heavy atom. The second-order valence-electron chi connectivity index (χ2n) is 5.37. The van der Waals surface area contributed by atoms with E-state index in [2.05, 4.69) is 17.5 Å². The minimum absolute atomic E-state index is 0.00428. The lowest BCUT2D eigenvalue weighted by Gasteiger charge is -2.18. The van der Waals surface area contributed by atoms with Crippen molar-refractivity contribution in [3.05, 3.63) is 12.2 Å². The molecule has 2 atom stereocenters. The molecule has 120 valence electrons. The van der Waals surface area contributed by atoms with Gasteiger partial charge < -0.3 is 20.9 Å². The Balaban J connectivity index is 2.08. The van der Waals surface area contributed by atoms with Crippen LogP contribution in [0, 0.1) is 0 Å². The topological polar surface area (TPSA) is 102 Å². The Morgan fingerprint density at radius 3 is 2.81 bits per heavy atom. The van der Waals surface area contributed by atoms with Gasteiger partial charge in [-0.05, 0) is 51.4 Å². The molecule has 0 radical (unpaired) electrons. The first-order valence-electron chi connectivity index (χ1n) is 7.67. The van der Waals surface area contributed by atoms with E-state index in [1.54, 1.807) is 0 Å². The number of nitrogens with two attached hydrogens (primary N) is 1. The molecule has 1 amide bonds. The molecular weight excluding hydrogens is 272 g/mol. The molecule has 0 aromatic rings. The molecule has 0 aliphatic heterocycles. The van der Waals surface area contributed by atoms with Crippen LogP contribution < -0.4 is 11.1 Å². The van der Waals surface area contributed by atoms with Gasteiger partial charge in [-0.1, -0.05) is 12.2 Å². The third-order valence-corrected chi connectivity index (χ3v) is 3.52. The first-order valence-corrected chi connectivity index (χ1v) is 7.67. The summed E-state index contributed by atoms with van der Waals surface area (Å²) in [5.74, 6) is -0.985. The summed E-state index contributed by atoms with van der Waals surface area (Å²) in [4.78, 5) is 22.2. The number of nitrogens with one attached hydrogen (secondary N) is 1. The average molecular weight is 298 g/mol. The zero-order valence-corrected chi connectivity index (χ0v) is 12.4. The molecule has 6 heteroatoms. The third-order valence-electron chi connectivity index (χ3n) is 3.52. The van der Waals surface area contributed by atoms with E-state index in [1.807, 2.05) is 0 Å². The number of carbonyl (C=O) groups excluding carboxylic acids is 1. The summed E-state index contributed by atoms with van der Waals surface area (Å²) in [5, 5.41) is 11.3. The van der Waals surface area contributed by atoms with Gasteiger partial charge in [-0.2, -0.15) is 0 Å². The number of hydrogen-bond donors (Lipinski definition) is 3. The predicted octanol–water partition coefficient (Wildman–Crippen LogP) is 2.18. The lowest BCUT2D eigenvalue weighted by atomic mass is 10.0. The van der Waals surface area contributed by atoms with Crippen molar-refractivity contribution in [3.63, 3.8) is 0 Å². The highest BCUT2D eigenvalue weighted by Crippen LogP contribution is 2.15. The van der Waals surface area contributed by atoms with Crippen molar-refractivity contribution < 1.29 is 19.4 Å². The summed E-state index contributed by atoms with van der Waals surface area (Å²) >= 11 is 0. The van der Waals surface area contributed by atoms with Gasteiger partial charge in [0.15, 0.2) is 0 Å². The van der Waals surface area contributed by atoms with Gasteiger partial charge in [-0.15, -0.1) is 0 Å². The number of hydrogen-bond acceptors (Lipinski definition) is 4. The Kier molecular flexibility index (Phi) is 8.50. The Hall–Kier alpha value is -1.56. The number of amides is 1. The maximum Gasteiger partial charge on any atom is 0.407 e. The number of ether oxygens (including phenoxy) is 1. The Labute approximate surface area is 125 Å². The monoisotopic (exact) mass is 298 g/mol. The number of rotatable bonds is 7. The van der Waals surface area contributed by atoms with Gasteiger partial charge in [-0.25, -0.2) is 4.79 Å². The minimum atomic E-state index is -0.985. The van der Waals surface area contributed by atoms with Crippen molar-refractivity contribution >= 4 is 12.1 Å². The van der Waals surface area contributed by atoms with Crippen molar-refractivity contribution in [1.82, 2.24) is 5.32 Å². The molecule has 0 bridgehead atoms. The van der Waals surface area contributed by atoms with E-state index in [4.69, 9.17) is 15.6 Å². The smallest absolute Gasteiger partial charge is 0.407 e. The van der Waals surface area contributed by atoms with E-state index >= 15 is 0 Å². The zero-order chi connectivity index (χ0) is 15.5. The highest BCUT2D eigenvalue weighted by molar-refractivity contribution is 5.72. The van der Waals surface area contributed by atoms with Crippen LogP contribution >= 0.6 is 0 Å². The number of carbonyl (C=O) groups is 2.